The number of nitrogens with one attached hydrogen (secondary N) is 1. The normalized spacial score (nSPS) is 28.3. The van der Waals surface area contributed by atoms with Gasteiger partial charge in [-0.05, 0) is 44.0 Å². The molecule has 1 N–H and O–H groups in total. The van der Waals surface area contributed by atoms with Crippen molar-refractivity contribution < 1.29 is 4.74 Å². The molecule has 1 aromatic carbocycles. The summed E-state index contributed by atoms with van der Waals surface area (Å²) in [6.45, 7) is 6.25. The smallest absolute Gasteiger partial charge is 0.0709 e. The molecule has 0 radical (unpaired) electrons. The molecule has 1 saturated heterocycles. The second-order valence-electron chi connectivity index (χ2n) is 5.35. The van der Waals surface area contributed by atoms with Crippen LogP contribution in [0.15, 0.2) is 24.3 Å². The molecule has 18 heavy (non-hydrogen) atoms. The van der Waals surface area contributed by atoms with Gasteiger partial charge in [-0.2, -0.15) is 0 Å². The van der Waals surface area contributed by atoms with Crippen LogP contribution in [0.3, 0.4) is 0 Å². The Morgan fingerprint density at radius 2 is 2.11 bits per heavy atom. The van der Waals surface area contributed by atoms with Crippen molar-refractivity contribution in [1.29, 1.82) is 0 Å². The van der Waals surface area contributed by atoms with Crippen molar-refractivity contribution >= 4 is 11.6 Å². The number of halogens is 1. The Morgan fingerprint density at radius 3 is 2.78 bits per heavy atom. The molecule has 0 aliphatic carbocycles. The first kappa shape index (κ1) is 13.9. The first-order valence-corrected chi connectivity index (χ1v) is 7.11. The third-order valence-electron chi connectivity index (χ3n) is 3.58. The molecule has 1 aliphatic heterocycles. The maximum Gasteiger partial charge on any atom is 0.0709 e. The van der Waals surface area contributed by atoms with Crippen LogP contribution in [0.5, 0.6) is 0 Å². The molecule has 1 aliphatic rings. The molecule has 100 valence electrons. The molecule has 2 atom stereocenters. The maximum absolute atomic E-state index is 6.00. The molecule has 1 heterocycles. The average Bonchev–Trinajstić information content (AvgIpc) is 2.32. The van der Waals surface area contributed by atoms with Gasteiger partial charge in [0.1, 0.15) is 0 Å². The molecular weight excluding hydrogens is 246 g/mol. The molecule has 0 bridgehead atoms. The monoisotopic (exact) mass is 267 g/mol. The first-order chi connectivity index (χ1) is 8.61. The van der Waals surface area contributed by atoms with Gasteiger partial charge in [0.2, 0.25) is 0 Å². The fourth-order valence-corrected chi connectivity index (χ4v) is 2.88. The Bertz CT molecular complexity index is 377. The van der Waals surface area contributed by atoms with Crippen LogP contribution >= 0.6 is 11.6 Å². The summed E-state index contributed by atoms with van der Waals surface area (Å²) in [7, 11) is 0. The summed E-state index contributed by atoms with van der Waals surface area (Å²) in [5.74, 6) is 0. The molecule has 2 rings (SSSR count). The van der Waals surface area contributed by atoms with E-state index in [1.54, 1.807) is 0 Å². The average molecular weight is 268 g/mol. The van der Waals surface area contributed by atoms with Gasteiger partial charge >= 0.3 is 0 Å². The summed E-state index contributed by atoms with van der Waals surface area (Å²) in [6.07, 6.45) is 3.14. The van der Waals surface area contributed by atoms with E-state index < -0.39 is 0 Å². The highest BCUT2D eigenvalue weighted by Gasteiger charge is 2.32. The van der Waals surface area contributed by atoms with Gasteiger partial charge in [0, 0.05) is 24.1 Å². The number of rotatable bonds is 4. The summed E-state index contributed by atoms with van der Waals surface area (Å²) in [5, 5.41) is 4.32. The van der Waals surface area contributed by atoms with Crippen molar-refractivity contribution in [2.45, 2.75) is 44.8 Å². The van der Waals surface area contributed by atoms with Crippen LogP contribution in [-0.2, 0) is 11.2 Å². The van der Waals surface area contributed by atoms with E-state index in [1.165, 1.54) is 5.56 Å². The zero-order chi connectivity index (χ0) is 13.0. The van der Waals surface area contributed by atoms with Crippen molar-refractivity contribution in [2.24, 2.45) is 0 Å². The zero-order valence-corrected chi connectivity index (χ0v) is 12.0. The summed E-state index contributed by atoms with van der Waals surface area (Å²) >= 11 is 5.91. The van der Waals surface area contributed by atoms with Crippen LogP contribution in [0, 0.1) is 0 Å². The quantitative estimate of drug-likeness (QED) is 0.903. The van der Waals surface area contributed by atoms with Crippen LogP contribution in [-0.4, -0.2) is 24.8 Å². The molecule has 2 unspecified atom stereocenters. The molecule has 1 aromatic rings. The van der Waals surface area contributed by atoms with E-state index in [0.717, 1.165) is 37.4 Å². The van der Waals surface area contributed by atoms with E-state index in [2.05, 4.69) is 31.3 Å². The van der Waals surface area contributed by atoms with Gasteiger partial charge in [0.25, 0.3) is 0 Å². The van der Waals surface area contributed by atoms with Crippen molar-refractivity contribution in [2.75, 3.05) is 13.2 Å². The highest BCUT2D eigenvalue weighted by atomic mass is 35.5. The van der Waals surface area contributed by atoms with Crippen LogP contribution in [0.1, 0.15) is 32.3 Å². The van der Waals surface area contributed by atoms with E-state index >= 15 is 0 Å². The van der Waals surface area contributed by atoms with Crippen LogP contribution in [0.25, 0.3) is 0 Å². The molecular formula is C15H22ClNO. The van der Waals surface area contributed by atoms with E-state index in [4.69, 9.17) is 16.3 Å². The topological polar surface area (TPSA) is 21.3 Å². The molecule has 0 spiro atoms. The van der Waals surface area contributed by atoms with Gasteiger partial charge in [-0.3, -0.25) is 0 Å². The third kappa shape index (κ3) is 3.71. The largest absolute Gasteiger partial charge is 0.375 e. The minimum absolute atomic E-state index is 0.0566. The van der Waals surface area contributed by atoms with Gasteiger partial charge in [-0.1, -0.05) is 30.7 Å². The fourth-order valence-electron chi connectivity index (χ4n) is 2.75. The highest BCUT2D eigenvalue weighted by molar-refractivity contribution is 6.30. The van der Waals surface area contributed by atoms with E-state index in [9.17, 15) is 0 Å². The minimum Gasteiger partial charge on any atom is -0.375 e. The van der Waals surface area contributed by atoms with Crippen molar-refractivity contribution in [3.63, 3.8) is 0 Å². The van der Waals surface area contributed by atoms with E-state index in [-0.39, 0.29) is 5.60 Å². The summed E-state index contributed by atoms with van der Waals surface area (Å²) in [5.41, 5.74) is 1.23. The summed E-state index contributed by atoms with van der Waals surface area (Å²) in [4.78, 5) is 0. The Hall–Kier alpha value is -0.570. The van der Waals surface area contributed by atoms with Crippen molar-refractivity contribution in [3.8, 4) is 0 Å². The number of hydrogen-bond donors (Lipinski definition) is 1. The van der Waals surface area contributed by atoms with Crippen LogP contribution in [0.2, 0.25) is 5.02 Å². The Balaban J connectivity index is 1.99. The highest BCUT2D eigenvalue weighted by Crippen LogP contribution is 2.29. The fraction of sp³-hybridized carbons (Fsp3) is 0.600. The van der Waals surface area contributed by atoms with Gasteiger partial charge < -0.3 is 10.1 Å². The lowest BCUT2D eigenvalue weighted by Crippen LogP contribution is -2.46. The number of benzene rings is 1. The molecule has 0 amide bonds. The standard InChI is InChI=1S/C15H22ClNO/c1-3-17-14-8-9-18-15(2,11-14)10-12-4-6-13(16)7-5-12/h4-7,14,17H,3,8-11H2,1-2H3. The third-order valence-corrected chi connectivity index (χ3v) is 3.83. The number of hydrogen-bond acceptors (Lipinski definition) is 2. The molecule has 2 nitrogen and oxygen atoms in total. The lowest BCUT2D eigenvalue weighted by atomic mass is 9.86. The molecule has 1 fully saturated rings. The predicted molar refractivity (Wildman–Crippen MR) is 76.2 cm³/mol. The second-order valence-corrected chi connectivity index (χ2v) is 5.79. The Labute approximate surface area is 115 Å². The van der Waals surface area contributed by atoms with Crippen LogP contribution in [0.4, 0.5) is 0 Å². The van der Waals surface area contributed by atoms with Crippen molar-refractivity contribution in [1.82, 2.24) is 5.32 Å². The molecule has 0 aromatic heterocycles. The summed E-state index contributed by atoms with van der Waals surface area (Å²) in [6, 6.07) is 8.66. The van der Waals surface area contributed by atoms with Gasteiger partial charge in [-0.15, -0.1) is 0 Å². The lowest BCUT2D eigenvalue weighted by molar-refractivity contribution is -0.0750. The zero-order valence-electron chi connectivity index (χ0n) is 11.2. The van der Waals surface area contributed by atoms with E-state index in [1.807, 2.05) is 12.1 Å². The molecule has 0 saturated carbocycles. The van der Waals surface area contributed by atoms with Gasteiger partial charge in [-0.25, -0.2) is 0 Å². The van der Waals surface area contributed by atoms with E-state index in [0.29, 0.717) is 6.04 Å². The van der Waals surface area contributed by atoms with Gasteiger partial charge in [0.05, 0.1) is 5.60 Å². The summed E-state index contributed by atoms with van der Waals surface area (Å²) < 4.78 is 6.00. The predicted octanol–water partition coefficient (Wildman–Crippen LogP) is 3.43. The van der Waals surface area contributed by atoms with Crippen molar-refractivity contribution in [3.05, 3.63) is 34.9 Å². The maximum atomic E-state index is 6.00. The Kier molecular flexibility index (Phi) is 4.66. The SMILES string of the molecule is CCNC1CCOC(C)(Cc2ccc(Cl)cc2)C1. The number of ether oxygens (including phenoxy) is 1. The Morgan fingerprint density at radius 1 is 1.39 bits per heavy atom. The first-order valence-electron chi connectivity index (χ1n) is 6.73. The minimum atomic E-state index is -0.0566. The van der Waals surface area contributed by atoms with Gasteiger partial charge in [0.15, 0.2) is 0 Å². The van der Waals surface area contributed by atoms with Crippen LogP contribution < -0.4 is 5.32 Å². The second kappa shape index (κ2) is 6.05. The molecule has 3 heteroatoms. The lowest BCUT2D eigenvalue weighted by Gasteiger charge is -2.39.